The first kappa shape index (κ1) is 32.4. The van der Waals surface area contributed by atoms with Crippen LogP contribution in [0.5, 0.6) is 0 Å². The molecule has 210 valence electrons. The number of alkyl halides is 3. The van der Waals surface area contributed by atoms with Gasteiger partial charge in [-0.05, 0) is 63.8 Å². The number of nitrogens with zero attached hydrogens (tertiary/aromatic N) is 3. The molecule has 0 spiro atoms. The topological polar surface area (TPSA) is 129 Å². The molecule has 0 aromatic carbocycles. The SMILES string of the molecule is C/C=C(\C=C/CCCC(O)NCCN(CC)CCC/C=C1/COC(=O)/C1=C/CC(F)(F)F)N(N)/C=N\N. The van der Waals surface area contributed by atoms with Crippen molar-refractivity contribution in [2.45, 2.75) is 64.8 Å². The second kappa shape index (κ2) is 17.7. The maximum absolute atomic E-state index is 12.5. The predicted octanol–water partition coefficient (Wildman–Crippen LogP) is 3.07. The van der Waals surface area contributed by atoms with E-state index in [0.29, 0.717) is 25.0 Å². The van der Waals surface area contributed by atoms with Crippen molar-refractivity contribution in [3.8, 4) is 0 Å². The maximum Gasteiger partial charge on any atom is 0.392 e. The van der Waals surface area contributed by atoms with Crippen molar-refractivity contribution in [2.75, 3.05) is 32.8 Å². The fourth-order valence-corrected chi connectivity index (χ4v) is 3.64. The summed E-state index contributed by atoms with van der Waals surface area (Å²) in [6, 6.07) is 0. The van der Waals surface area contributed by atoms with Crippen LogP contribution in [0.3, 0.4) is 0 Å². The molecular weight excluding hydrogens is 489 g/mol. The number of carbonyl (C=O) groups excluding carboxylic acids is 1. The second-order valence-electron chi connectivity index (χ2n) is 8.51. The number of aliphatic hydroxyl groups excluding tert-OH is 1. The molecule has 0 radical (unpaired) electrons. The number of aliphatic hydroxyl groups is 1. The molecule has 6 N–H and O–H groups in total. The van der Waals surface area contributed by atoms with Crippen molar-refractivity contribution in [1.82, 2.24) is 15.2 Å². The molecule has 9 nitrogen and oxygen atoms in total. The highest BCUT2D eigenvalue weighted by atomic mass is 19.4. The molecule has 0 aromatic heterocycles. The van der Waals surface area contributed by atoms with Gasteiger partial charge in [0.1, 0.15) is 19.2 Å². The number of rotatable bonds is 17. The van der Waals surface area contributed by atoms with Crippen LogP contribution in [0.2, 0.25) is 0 Å². The number of hydrazine groups is 1. The molecule has 12 heteroatoms. The van der Waals surface area contributed by atoms with Crippen molar-refractivity contribution in [3.05, 3.63) is 47.2 Å². The minimum Gasteiger partial charge on any atom is -0.457 e. The Morgan fingerprint density at radius 1 is 1.27 bits per heavy atom. The molecule has 0 aliphatic carbocycles. The highest BCUT2D eigenvalue weighted by Gasteiger charge is 2.29. The van der Waals surface area contributed by atoms with Gasteiger partial charge in [0.05, 0.1) is 17.7 Å². The standard InChI is InChI=1S/C25H41F3N6O3/c1-3-21(34(30)19-32-29)11-6-5-7-12-23(35)31-15-17-33(4-2)16-9-8-10-20-18-37-24(36)22(20)13-14-25(26,27)28/h3,6,10-11,13,19,23,31,35H,4-5,7-9,12,14-18,29-30H2,1-2H3/b11-6-,20-10-,21-3+,22-13+,32-19-. The predicted molar refractivity (Wildman–Crippen MR) is 139 cm³/mol. The quantitative estimate of drug-likeness (QED) is 0.0260. The van der Waals surface area contributed by atoms with Crippen molar-refractivity contribution >= 4 is 12.3 Å². The van der Waals surface area contributed by atoms with Crippen molar-refractivity contribution in [3.63, 3.8) is 0 Å². The van der Waals surface area contributed by atoms with Gasteiger partial charge in [0.15, 0.2) is 0 Å². The van der Waals surface area contributed by atoms with E-state index in [4.69, 9.17) is 16.4 Å². The molecule has 0 saturated carbocycles. The fraction of sp³-hybridized carbons (Fsp3) is 0.600. The lowest BCUT2D eigenvalue weighted by atomic mass is 10.1. The Hall–Kier alpha value is -2.67. The van der Waals surface area contributed by atoms with Crippen LogP contribution in [0.15, 0.2) is 52.3 Å². The summed E-state index contributed by atoms with van der Waals surface area (Å²) in [5.74, 6) is 10.2. The molecule has 1 aliphatic heterocycles. The number of allylic oxidation sites excluding steroid dienone is 5. The average Bonchev–Trinajstić information content (AvgIpc) is 3.20. The molecule has 1 fully saturated rings. The highest BCUT2D eigenvalue weighted by Crippen LogP contribution is 2.26. The van der Waals surface area contributed by atoms with Gasteiger partial charge in [-0.3, -0.25) is 10.3 Å². The number of hydrazone groups is 1. The highest BCUT2D eigenvalue weighted by molar-refractivity contribution is 5.96. The summed E-state index contributed by atoms with van der Waals surface area (Å²) in [6.45, 7) is 6.92. The van der Waals surface area contributed by atoms with Gasteiger partial charge >= 0.3 is 12.1 Å². The summed E-state index contributed by atoms with van der Waals surface area (Å²) in [6.07, 6.45) is 7.18. The number of unbranched alkanes of at least 4 members (excludes halogenated alkanes) is 2. The van der Waals surface area contributed by atoms with Crippen LogP contribution in [0, 0.1) is 0 Å². The van der Waals surface area contributed by atoms with E-state index >= 15 is 0 Å². The Balaban J connectivity index is 2.29. The van der Waals surface area contributed by atoms with Crippen LogP contribution in [-0.4, -0.2) is 72.5 Å². The number of halogens is 3. The zero-order valence-corrected chi connectivity index (χ0v) is 21.7. The first-order chi connectivity index (χ1) is 17.6. The molecule has 0 bridgehead atoms. The minimum absolute atomic E-state index is 0.0165. The van der Waals surface area contributed by atoms with Crippen molar-refractivity contribution in [1.29, 1.82) is 0 Å². The van der Waals surface area contributed by atoms with E-state index in [1.165, 1.54) is 11.3 Å². The zero-order valence-electron chi connectivity index (χ0n) is 21.7. The van der Waals surface area contributed by atoms with Crippen LogP contribution in [-0.2, 0) is 9.53 Å². The van der Waals surface area contributed by atoms with Crippen molar-refractivity contribution in [2.24, 2.45) is 16.8 Å². The minimum atomic E-state index is -4.36. The van der Waals surface area contributed by atoms with Crippen LogP contribution < -0.4 is 17.0 Å². The van der Waals surface area contributed by atoms with Crippen LogP contribution in [0.1, 0.15) is 52.4 Å². The summed E-state index contributed by atoms with van der Waals surface area (Å²) < 4.78 is 42.3. The lowest BCUT2D eigenvalue weighted by molar-refractivity contribution is -0.135. The number of nitrogens with two attached hydrogens (primary N) is 2. The largest absolute Gasteiger partial charge is 0.457 e. The van der Waals surface area contributed by atoms with E-state index in [1.54, 1.807) is 6.08 Å². The Kier molecular flexibility index (Phi) is 15.5. The van der Waals surface area contributed by atoms with Crippen molar-refractivity contribution < 1.29 is 27.8 Å². The lowest BCUT2D eigenvalue weighted by Crippen LogP contribution is -2.37. The molecule has 1 heterocycles. The lowest BCUT2D eigenvalue weighted by Gasteiger charge is -2.21. The van der Waals surface area contributed by atoms with E-state index in [-0.39, 0.29) is 12.2 Å². The summed E-state index contributed by atoms with van der Waals surface area (Å²) >= 11 is 0. The molecule has 1 atom stereocenters. The fourth-order valence-electron chi connectivity index (χ4n) is 3.64. The molecule has 1 aliphatic rings. The molecule has 1 unspecified atom stereocenters. The van der Waals surface area contributed by atoms with Gasteiger partial charge in [0, 0.05) is 13.1 Å². The van der Waals surface area contributed by atoms with Gasteiger partial charge in [-0.25, -0.2) is 10.6 Å². The van der Waals surface area contributed by atoms with Crippen LogP contribution in [0.4, 0.5) is 13.2 Å². The van der Waals surface area contributed by atoms with Gasteiger partial charge < -0.3 is 20.6 Å². The van der Waals surface area contributed by atoms with Crippen LogP contribution in [0.25, 0.3) is 0 Å². The summed E-state index contributed by atoms with van der Waals surface area (Å²) in [5.41, 5.74) is 1.29. The third-order valence-electron chi connectivity index (χ3n) is 5.71. The number of esters is 1. The zero-order chi connectivity index (χ0) is 27.7. The van der Waals surface area contributed by atoms with E-state index in [9.17, 15) is 23.1 Å². The van der Waals surface area contributed by atoms with Gasteiger partial charge in [-0.2, -0.15) is 18.3 Å². The normalized spacial score (nSPS) is 18.2. The number of likely N-dealkylation sites (N-methyl/N-ethyl adjacent to an activating group) is 1. The monoisotopic (exact) mass is 530 g/mol. The molecule has 0 aromatic rings. The van der Waals surface area contributed by atoms with Gasteiger partial charge in [0.25, 0.3) is 0 Å². The van der Waals surface area contributed by atoms with E-state index in [0.717, 1.165) is 50.7 Å². The average molecular weight is 531 g/mol. The Morgan fingerprint density at radius 3 is 2.68 bits per heavy atom. The first-order valence-corrected chi connectivity index (χ1v) is 12.5. The Labute approximate surface area is 217 Å². The third-order valence-corrected chi connectivity index (χ3v) is 5.71. The van der Waals surface area contributed by atoms with E-state index in [2.05, 4.69) is 15.3 Å². The number of hydrogen-bond donors (Lipinski definition) is 4. The molecular formula is C25H41F3N6O3. The van der Waals surface area contributed by atoms with Gasteiger partial charge in [-0.15, -0.1) is 0 Å². The van der Waals surface area contributed by atoms with Gasteiger partial charge in [0.2, 0.25) is 0 Å². The third kappa shape index (κ3) is 14.0. The Morgan fingerprint density at radius 2 is 2.03 bits per heavy atom. The molecule has 1 saturated heterocycles. The van der Waals surface area contributed by atoms with E-state index < -0.39 is 24.8 Å². The number of nitrogens with one attached hydrogen (secondary N) is 1. The van der Waals surface area contributed by atoms with Gasteiger partial charge in [-0.1, -0.05) is 31.2 Å². The molecule has 37 heavy (non-hydrogen) atoms. The second-order valence-corrected chi connectivity index (χ2v) is 8.51. The first-order valence-electron chi connectivity index (χ1n) is 12.5. The summed E-state index contributed by atoms with van der Waals surface area (Å²) in [7, 11) is 0. The summed E-state index contributed by atoms with van der Waals surface area (Å²) in [4.78, 5) is 13.9. The Bertz CT molecular complexity index is 840. The number of ether oxygens (including phenoxy) is 1. The number of hydrogen-bond acceptors (Lipinski definition) is 8. The number of cyclic esters (lactones) is 1. The smallest absolute Gasteiger partial charge is 0.392 e. The molecule has 1 rings (SSSR count). The van der Waals surface area contributed by atoms with E-state index in [1.807, 2.05) is 32.1 Å². The van der Waals surface area contributed by atoms with Crippen LogP contribution >= 0.6 is 0 Å². The summed E-state index contributed by atoms with van der Waals surface area (Å²) in [5, 5.41) is 18.0. The number of carbonyl (C=O) groups is 1. The molecule has 0 amide bonds. The maximum atomic E-state index is 12.5.